The van der Waals surface area contributed by atoms with Gasteiger partial charge in [0.05, 0.1) is 0 Å². The molecule has 0 aliphatic carbocycles. The van der Waals surface area contributed by atoms with Crippen LogP contribution in [0.5, 0.6) is 0 Å². The fraction of sp³-hybridized carbons (Fsp3) is 0.818. The minimum absolute atomic E-state index is 0.336. The molecule has 2 unspecified atom stereocenters. The highest BCUT2D eigenvalue weighted by atomic mass is 28.4. The third-order valence-corrected chi connectivity index (χ3v) is 3.50. The molecule has 5 nitrogen and oxygen atoms in total. The van der Waals surface area contributed by atoms with Crippen LogP contribution in [0.2, 0.25) is 19.6 Å². The Balaban J connectivity index is 2.91. The fourth-order valence-electron chi connectivity index (χ4n) is 1.38. The molecule has 2 atom stereocenters. The molecule has 0 spiro atoms. The third kappa shape index (κ3) is 2.94. The Bertz CT molecular complexity index is 311. The van der Waals surface area contributed by atoms with Crippen molar-refractivity contribution in [3.63, 3.8) is 0 Å². The lowest BCUT2D eigenvalue weighted by Gasteiger charge is -2.45. The van der Waals surface area contributed by atoms with Gasteiger partial charge in [-0.15, -0.1) is 0 Å². The first-order valence-corrected chi connectivity index (χ1v) is 8.93. The van der Waals surface area contributed by atoms with Gasteiger partial charge in [0.25, 0.3) is 11.6 Å². The molecule has 0 saturated heterocycles. The van der Waals surface area contributed by atoms with Crippen molar-refractivity contribution in [1.29, 1.82) is 0 Å². The van der Waals surface area contributed by atoms with E-state index in [9.17, 15) is 0 Å². The summed E-state index contributed by atoms with van der Waals surface area (Å²) in [7, 11) is 1.33. The van der Waals surface area contributed by atoms with Crippen LogP contribution >= 0.6 is 0 Å². The van der Waals surface area contributed by atoms with Gasteiger partial charge in [0.15, 0.2) is 6.26 Å². The van der Waals surface area contributed by atoms with Crippen LogP contribution in [-0.4, -0.2) is 34.1 Å². The van der Waals surface area contributed by atoms with Crippen LogP contribution in [0.3, 0.4) is 0 Å². The molecule has 0 aromatic heterocycles. The third-order valence-electron chi connectivity index (χ3n) is 2.69. The molecule has 0 fully saturated rings. The highest BCUT2D eigenvalue weighted by Gasteiger charge is 2.54. The first kappa shape index (κ1) is 14.3. The molecular weight excluding hydrogens is 240 g/mol. The molecule has 0 radical (unpaired) electrons. The Morgan fingerprint density at radius 3 is 2.00 bits per heavy atom. The molecule has 100 valence electrons. The first-order chi connectivity index (χ1) is 7.66. The van der Waals surface area contributed by atoms with Gasteiger partial charge in [0.1, 0.15) is 0 Å². The number of ether oxygens (including phenoxy) is 4. The molecule has 0 bridgehead atoms. The monoisotopic (exact) mass is 262 g/mol. The molecule has 0 amide bonds. The van der Waals surface area contributed by atoms with Gasteiger partial charge in [-0.05, 0) is 19.6 Å². The molecule has 0 aromatic carbocycles. The zero-order valence-electron chi connectivity index (χ0n) is 11.6. The summed E-state index contributed by atoms with van der Waals surface area (Å²) < 4.78 is 27.6. The van der Waals surface area contributed by atoms with Crippen LogP contribution in [0.1, 0.15) is 13.8 Å². The van der Waals surface area contributed by atoms with E-state index < -0.39 is 19.9 Å². The molecule has 0 saturated carbocycles. The molecule has 0 N–H and O–H groups in total. The largest absolute Gasteiger partial charge is 0.517 e. The van der Waals surface area contributed by atoms with E-state index >= 15 is 0 Å². The zero-order chi connectivity index (χ0) is 13.3. The predicted octanol–water partition coefficient (Wildman–Crippen LogP) is 2.41. The summed E-state index contributed by atoms with van der Waals surface area (Å²) in [4.78, 5) is 0. The minimum Gasteiger partial charge on any atom is -0.517 e. The van der Waals surface area contributed by atoms with Crippen molar-refractivity contribution in [1.82, 2.24) is 0 Å². The summed E-state index contributed by atoms with van der Waals surface area (Å²) in [5, 5.41) is 0. The Morgan fingerprint density at radius 2 is 1.59 bits per heavy atom. The zero-order valence-corrected chi connectivity index (χ0v) is 12.6. The summed E-state index contributed by atoms with van der Waals surface area (Å²) in [5.41, 5.74) is 0. The number of hydrogen-bond donors (Lipinski definition) is 0. The van der Waals surface area contributed by atoms with E-state index in [0.717, 1.165) is 0 Å². The van der Waals surface area contributed by atoms with Gasteiger partial charge in [0, 0.05) is 28.1 Å². The molecule has 0 aromatic rings. The van der Waals surface area contributed by atoms with Gasteiger partial charge in [-0.3, -0.25) is 0 Å². The lowest BCUT2D eigenvalue weighted by atomic mass is 10.1. The van der Waals surface area contributed by atoms with E-state index in [2.05, 4.69) is 19.6 Å². The van der Waals surface area contributed by atoms with E-state index in [0.29, 0.717) is 5.95 Å². The van der Waals surface area contributed by atoms with E-state index in [1.165, 1.54) is 13.4 Å². The molecular formula is C11H22O5Si. The SMILES string of the molecule is COC1(C)OC=C(O[Si](C)(C)C)OC1(C)OC. The lowest BCUT2D eigenvalue weighted by Crippen LogP contribution is -2.57. The van der Waals surface area contributed by atoms with Gasteiger partial charge < -0.3 is 23.4 Å². The van der Waals surface area contributed by atoms with Crippen LogP contribution < -0.4 is 0 Å². The summed E-state index contributed by atoms with van der Waals surface area (Å²) >= 11 is 0. The molecule has 1 rings (SSSR count). The number of rotatable bonds is 4. The average Bonchev–Trinajstić information content (AvgIpc) is 2.21. The maximum atomic E-state index is 5.73. The van der Waals surface area contributed by atoms with Gasteiger partial charge in [0.2, 0.25) is 8.32 Å². The van der Waals surface area contributed by atoms with Crippen molar-refractivity contribution >= 4 is 8.32 Å². The topological polar surface area (TPSA) is 46.2 Å². The maximum absolute atomic E-state index is 5.73. The number of methoxy groups -OCH3 is 2. The van der Waals surface area contributed by atoms with Crippen molar-refractivity contribution in [2.24, 2.45) is 0 Å². The van der Waals surface area contributed by atoms with E-state index in [1.807, 2.05) is 0 Å². The maximum Gasteiger partial charge on any atom is 0.304 e. The Labute approximate surface area is 104 Å². The Kier molecular flexibility index (Phi) is 3.80. The molecule has 1 aliphatic rings. The minimum atomic E-state index is -1.75. The summed E-state index contributed by atoms with van der Waals surface area (Å²) in [6, 6.07) is 0. The van der Waals surface area contributed by atoms with Crippen molar-refractivity contribution in [3.8, 4) is 0 Å². The highest BCUT2D eigenvalue weighted by molar-refractivity contribution is 6.69. The van der Waals surface area contributed by atoms with Crippen molar-refractivity contribution in [3.05, 3.63) is 12.2 Å². The highest BCUT2D eigenvalue weighted by Crippen LogP contribution is 2.38. The molecule has 17 heavy (non-hydrogen) atoms. The van der Waals surface area contributed by atoms with Gasteiger partial charge in [-0.1, -0.05) is 0 Å². The number of hydrogen-bond acceptors (Lipinski definition) is 5. The average molecular weight is 262 g/mol. The van der Waals surface area contributed by atoms with Crippen LogP contribution in [0, 0.1) is 0 Å². The summed E-state index contributed by atoms with van der Waals surface area (Å²) in [6.07, 6.45) is 1.43. The van der Waals surface area contributed by atoms with Gasteiger partial charge in [-0.25, -0.2) is 0 Å². The van der Waals surface area contributed by atoms with Gasteiger partial charge in [-0.2, -0.15) is 0 Å². The van der Waals surface area contributed by atoms with E-state index in [4.69, 9.17) is 23.4 Å². The second kappa shape index (κ2) is 4.51. The fourth-order valence-corrected chi connectivity index (χ4v) is 2.08. The second-order valence-corrected chi connectivity index (χ2v) is 9.60. The van der Waals surface area contributed by atoms with Crippen LogP contribution in [-0.2, 0) is 23.4 Å². The predicted molar refractivity (Wildman–Crippen MR) is 65.5 cm³/mol. The van der Waals surface area contributed by atoms with E-state index in [-0.39, 0.29) is 0 Å². The lowest BCUT2D eigenvalue weighted by molar-refractivity contribution is -0.385. The summed E-state index contributed by atoms with van der Waals surface area (Å²) in [6.45, 7) is 9.68. The Hall–Kier alpha value is -0.723. The first-order valence-electron chi connectivity index (χ1n) is 5.52. The van der Waals surface area contributed by atoms with Crippen LogP contribution in [0.15, 0.2) is 12.2 Å². The molecule has 6 heteroatoms. The normalized spacial score (nSPS) is 33.5. The van der Waals surface area contributed by atoms with E-state index in [1.54, 1.807) is 21.0 Å². The summed E-state index contributed by atoms with van der Waals surface area (Å²) in [5.74, 6) is -1.72. The second-order valence-electron chi connectivity index (χ2n) is 5.17. The molecule has 1 aliphatic heterocycles. The van der Waals surface area contributed by atoms with Crippen molar-refractivity contribution in [2.45, 2.75) is 45.1 Å². The van der Waals surface area contributed by atoms with Crippen molar-refractivity contribution < 1.29 is 23.4 Å². The van der Waals surface area contributed by atoms with Gasteiger partial charge >= 0.3 is 5.95 Å². The van der Waals surface area contributed by atoms with Crippen LogP contribution in [0.25, 0.3) is 0 Å². The smallest absolute Gasteiger partial charge is 0.304 e. The Morgan fingerprint density at radius 1 is 1.06 bits per heavy atom. The quantitative estimate of drug-likeness (QED) is 0.728. The molecule has 1 heterocycles. The standard InChI is InChI=1S/C11H22O5Si/c1-10(12-3)11(2,13-4)15-9(8-14-10)16-17(5,6)7/h8H,1-7H3. The van der Waals surface area contributed by atoms with Crippen LogP contribution in [0.4, 0.5) is 0 Å². The van der Waals surface area contributed by atoms with Crippen molar-refractivity contribution in [2.75, 3.05) is 14.2 Å².